The van der Waals surface area contributed by atoms with Gasteiger partial charge >= 0.3 is 8.56 Å². The third kappa shape index (κ3) is 3.34. The zero-order valence-electron chi connectivity index (χ0n) is 9.37. The standard InChI is InChI=1S/C9H19NO3Si/c1-5-12-14(7-3,13-6-2)9(4)10-8-11/h9H,5-7H2,1-4H3. The summed E-state index contributed by atoms with van der Waals surface area (Å²) >= 11 is 0. The molecule has 0 radical (unpaired) electrons. The van der Waals surface area contributed by atoms with Crippen LogP contribution in [0.15, 0.2) is 4.99 Å². The van der Waals surface area contributed by atoms with Crippen molar-refractivity contribution in [2.24, 2.45) is 4.99 Å². The Balaban J connectivity index is 4.70. The molecule has 0 aliphatic carbocycles. The highest BCUT2D eigenvalue weighted by atomic mass is 28.4. The lowest BCUT2D eigenvalue weighted by Crippen LogP contribution is -2.51. The molecule has 0 N–H and O–H groups in total. The van der Waals surface area contributed by atoms with E-state index in [1.807, 2.05) is 27.7 Å². The summed E-state index contributed by atoms with van der Waals surface area (Å²) in [5.41, 5.74) is -0.190. The molecule has 0 aliphatic rings. The number of nitrogens with zero attached hydrogens (tertiary/aromatic N) is 1. The van der Waals surface area contributed by atoms with Crippen molar-refractivity contribution in [2.75, 3.05) is 13.2 Å². The molecule has 0 spiro atoms. The Hall–Kier alpha value is -0.483. The molecule has 0 bridgehead atoms. The second-order valence-electron chi connectivity index (χ2n) is 2.93. The van der Waals surface area contributed by atoms with E-state index in [0.29, 0.717) is 13.2 Å². The molecule has 4 nitrogen and oxygen atoms in total. The normalized spacial score (nSPS) is 13.4. The van der Waals surface area contributed by atoms with Crippen molar-refractivity contribution in [3.8, 4) is 0 Å². The largest absolute Gasteiger partial charge is 0.393 e. The minimum atomic E-state index is -2.32. The van der Waals surface area contributed by atoms with Crippen molar-refractivity contribution in [2.45, 2.75) is 39.4 Å². The molecular weight excluding hydrogens is 198 g/mol. The molecular formula is C9H19NO3Si. The van der Waals surface area contributed by atoms with Crippen molar-refractivity contribution in [1.29, 1.82) is 0 Å². The zero-order chi connectivity index (χ0) is 11.0. The fraction of sp³-hybridized carbons (Fsp3) is 0.889. The lowest BCUT2D eigenvalue weighted by atomic mass is 10.8. The van der Waals surface area contributed by atoms with Gasteiger partial charge < -0.3 is 8.85 Å². The van der Waals surface area contributed by atoms with Gasteiger partial charge in [-0.1, -0.05) is 6.92 Å². The van der Waals surface area contributed by atoms with Gasteiger partial charge in [0.2, 0.25) is 6.08 Å². The molecule has 14 heavy (non-hydrogen) atoms. The Morgan fingerprint density at radius 1 is 1.29 bits per heavy atom. The first-order valence-corrected chi connectivity index (χ1v) is 7.11. The van der Waals surface area contributed by atoms with E-state index in [9.17, 15) is 4.79 Å². The predicted molar refractivity (Wildman–Crippen MR) is 57.1 cm³/mol. The molecule has 0 aromatic heterocycles. The highest BCUT2D eigenvalue weighted by Gasteiger charge is 2.41. The van der Waals surface area contributed by atoms with Crippen LogP contribution >= 0.6 is 0 Å². The van der Waals surface area contributed by atoms with Gasteiger partial charge in [-0.05, 0) is 26.8 Å². The van der Waals surface area contributed by atoms with E-state index < -0.39 is 8.56 Å². The lowest BCUT2D eigenvalue weighted by molar-refractivity contribution is 0.176. The Bertz CT molecular complexity index is 198. The molecule has 0 aliphatic heterocycles. The number of isocyanates is 1. The van der Waals surface area contributed by atoms with Crippen molar-refractivity contribution in [3.63, 3.8) is 0 Å². The lowest BCUT2D eigenvalue weighted by Gasteiger charge is -2.31. The fourth-order valence-corrected chi connectivity index (χ4v) is 4.24. The number of carbonyl (C=O) groups excluding carboxylic acids is 1. The Morgan fingerprint density at radius 2 is 1.79 bits per heavy atom. The molecule has 82 valence electrons. The third-order valence-corrected chi connectivity index (χ3v) is 6.10. The molecule has 0 rings (SSSR count). The molecule has 0 heterocycles. The number of hydrogen-bond acceptors (Lipinski definition) is 4. The summed E-state index contributed by atoms with van der Waals surface area (Å²) in [5.74, 6) is 0. The van der Waals surface area contributed by atoms with Crippen LogP contribution in [0.4, 0.5) is 0 Å². The van der Waals surface area contributed by atoms with Crippen molar-refractivity contribution in [3.05, 3.63) is 0 Å². The van der Waals surface area contributed by atoms with Crippen molar-refractivity contribution >= 4 is 14.6 Å². The van der Waals surface area contributed by atoms with E-state index in [0.717, 1.165) is 6.04 Å². The van der Waals surface area contributed by atoms with Crippen LogP contribution in [-0.4, -0.2) is 33.5 Å². The van der Waals surface area contributed by atoms with E-state index >= 15 is 0 Å². The van der Waals surface area contributed by atoms with Crippen LogP contribution in [0.5, 0.6) is 0 Å². The summed E-state index contributed by atoms with van der Waals surface area (Å²) in [7, 11) is -2.32. The maximum atomic E-state index is 10.2. The second kappa shape index (κ2) is 6.90. The monoisotopic (exact) mass is 217 g/mol. The molecule has 0 saturated heterocycles. The molecule has 0 amide bonds. The van der Waals surface area contributed by atoms with Gasteiger partial charge in [-0.25, -0.2) is 9.79 Å². The predicted octanol–water partition coefficient (Wildman–Crippen LogP) is 1.79. The van der Waals surface area contributed by atoms with Gasteiger partial charge in [0, 0.05) is 13.2 Å². The van der Waals surface area contributed by atoms with Gasteiger partial charge in [-0.2, -0.15) is 0 Å². The maximum Gasteiger partial charge on any atom is 0.363 e. The third-order valence-electron chi connectivity index (χ3n) is 2.15. The SMILES string of the molecule is CCO[Si](CC)(OCC)C(C)N=C=O. The average molecular weight is 217 g/mol. The van der Waals surface area contributed by atoms with Crippen LogP contribution in [0.25, 0.3) is 0 Å². The number of rotatable bonds is 7. The van der Waals surface area contributed by atoms with Gasteiger partial charge in [0.15, 0.2) is 0 Å². The van der Waals surface area contributed by atoms with E-state index in [1.54, 1.807) is 6.08 Å². The second-order valence-corrected chi connectivity index (χ2v) is 6.67. The molecule has 5 heteroatoms. The number of hydrogen-bond donors (Lipinski definition) is 0. The summed E-state index contributed by atoms with van der Waals surface area (Å²) in [5, 5.41) is 0. The van der Waals surface area contributed by atoms with Gasteiger partial charge in [0.05, 0.1) is 0 Å². The van der Waals surface area contributed by atoms with E-state index in [4.69, 9.17) is 8.85 Å². The van der Waals surface area contributed by atoms with Crippen LogP contribution in [-0.2, 0) is 13.6 Å². The Labute approximate surface area is 86.6 Å². The molecule has 1 atom stereocenters. The fourth-order valence-electron chi connectivity index (χ4n) is 1.45. The summed E-state index contributed by atoms with van der Waals surface area (Å²) < 4.78 is 11.4. The molecule has 0 aromatic carbocycles. The summed E-state index contributed by atoms with van der Waals surface area (Å²) in [4.78, 5) is 13.9. The van der Waals surface area contributed by atoms with Crippen LogP contribution in [0, 0.1) is 0 Å². The van der Waals surface area contributed by atoms with Crippen LogP contribution in [0.3, 0.4) is 0 Å². The van der Waals surface area contributed by atoms with Crippen molar-refractivity contribution in [1.82, 2.24) is 0 Å². The quantitative estimate of drug-likeness (QED) is 0.371. The molecule has 0 fully saturated rings. The first kappa shape index (κ1) is 13.5. The first-order chi connectivity index (χ1) is 6.66. The highest BCUT2D eigenvalue weighted by Crippen LogP contribution is 2.20. The molecule has 0 saturated carbocycles. The minimum Gasteiger partial charge on any atom is -0.393 e. The van der Waals surface area contributed by atoms with Crippen LogP contribution in [0.1, 0.15) is 27.7 Å². The van der Waals surface area contributed by atoms with E-state index in [2.05, 4.69) is 4.99 Å². The molecule has 1 unspecified atom stereocenters. The van der Waals surface area contributed by atoms with Gasteiger partial charge in [0.25, 0.3) is 0 Å². The minimum absolute atomic E-state index is 0.190. The summed E-state index contributed by atoms with van der Waals surface area (Å²) in [6, 6.07) is 0.793. The Morgan fingerprint density at radius 3 is 2.07 bits per heavy atom. The Kier molecular flexibility index (Phi) is 6.66. The molecule has 0 aromatic rings. The first-order valence-electron chi connectivity index (χ1n) is 5.01. The highest BCUT2D eigenvalue weighted by molar-refractivity contribution is 6.69. The van der Waals surface area contributed by atoms with Gasteiger partial charge in [-0.3, -0.25) is 0 Å². The van der Waals surface area contributed by atoms with E-state index in [-0.39, 0.29) is 5.67 Å². The zero-order valence-corrected chi connectivity index (χ0v) is 10.4. The summed E-state index contributed by atoms with van der Waals surface area (Å²) in [6.45, 7) is 8.90. The summed E-state index contributed by atoms with van der Waals surface area (Å²) in [6.07, 6.45) is 1.57. The van der Waals surface area contributed by atoms with Crippen molar-refractivity contribution < 1.29 is 13.6 Å². The van der Waals surface area contributed by atoms with Gasteiger partial charge in [0.1, 0.15) is 5.67 Å². The number of aliphatic imine (C=N–C) groups is 1. The smallest absolute Gasteiger partial charge is 0.363 e. The topological polar surface area (TPSA) is 47.9 Å². The maximum absolute atomic E-state index is 10.2. The average Bonchev–Trinajstić information content (AvgIpc) is 2.17. The van der Waals surface area contributed by atoms with Crippen LogP contribution in [0.2, 0.25) is 6.04 Å². The van der Waals surface area contributed by atoms with Gasteiger partial charge in [-0.15, -0.1) is 0 Å². The van der Waals surface area contributed by atoms with Crippen LogP contribution < -0.4 is 0 Å². The van der Waals surface area contributed by atoms with E-state index in [1.165, 1.54) is 0 Å².